The van der Waals surface area contributed by atoms with E-state index in [-0.39, 0.29) is 6.04 Å². The van der Waals surface area contributed by atoms with Crippen molar-refractivity contribution in [1.29, 1.82) is 0 Å². The third-order valence-corrected chi connectivity index (χ3v) is 2.84. The van der Waals surface area contributed by atoms with E-state index in [9.17, 15) is 5.11 Å². The molecule has 0 fully saturated rings. The van der Waals surface area contributed by atoms with E-state index in [4.69, 9.17) is 5.73 Å². The molecule has 70 valence electrons. The minimum absolute atomic E-state index is 0.0312. The second-order valence-corrected chi connectivity index (χ2v) is 3.80. The fourth-order valence-corrected chi connectivity index (χ4v) is 2.05. The van der Waals surface area contributed by atoms with E-state index in [0.29, 0.717) is 5.75 Å². The monoisotopic (exact) mass is 177 g/mol. The molecule has 13 heavy (non-hydrogen) atoms. The van der Waals surface area contributed by atoms with Crippen molar-refractivity contribution in [3.8, 4) is 5.75 Å². The van der Waals surface area contributed by atoms with Gasteiger partial charge < -0.3 is 10.8 Å². The molecule has 1 aliphatic rings. The topological polar surface area (TPSA) is 46.2 Å². The Morgan fingerprint density at radius 1 is 1.46 bits per heavy atom. The quantitative estimate of drug-likeness (QED) is 0.637. The van der Waals surface area contributed by atoms with Gasteiger partial charge >= 0.3 is 0 Å². The molecule has 2 heteroatoms. The third-order valence-electron chi connectivity index (χ3n) is 2.84. The van der Waals surface area contributed by atoms with Crippen LogP contribution in [0, 0.1) is 6.92 Å². The van der Waals surface area contributed by atoms with Gasteiger partial charge in [0.1, 0.15) is 5.75 Å². The van der Waals surface area contributed by atoms with Gasteiger partial charge in [0.25, 0.3) is 0 Å². The van der Waals surface area contributed by atoms with E-state index in [1.807, 2.05) is 13.0 Å². The lowest BCUT2D eigenvalue weighted by molar-refractivity contribution is 0.444. The second-order valence-electron chi connectivity index (χ2n) is 3.80. The summed E-state index contributed by atoms with van der Waals surface area (Å²) in [5.41, 5.74) is 9.08. The Hall–Kier alpha value is -1.02. The zero-order chi connectivity index (χ0) is 9.42. The van der Waals surface area contributed by atoms with Crippen LogP contribution in [0.15, 0.2) is 12.1 Å². The highest BCUT2D eigenvalue weighted by atomic mass is 16.3. The van der Waals surface area contributed by atoms with Crippen molar-refractivity contribution in [1.82, 2.24) is 0 Å². The Bertz CT molecular complexity index is 333. The molecule has 1 aromatic carbocycles. The van der Waals surface area contributed by atoms with Gasteiger partial charge in [-0.25, -0.2) is 0 Å². The Balaban J connectivity index is 2.58. The van der Waals surface area contributed by atoms with Crippen LogP contribution in [0.2, 0.25) is 0 Å². The molecule has 0 aromatic heterocycles. The molecule has 2 nitrogen and oxygen atoms in total. The highest BCUT2D eigenvalue weighted by molar-refractivity contribution is 5.47. The summed E-state index contributed by atoms with van der Waals surface area (Å²) >= 11 is 0. The van der Waals surface area contributed by atoms with Crippen molar-refractivity contribution >= 4 is 0 Å². The molecular weight excluding hydrogens is 162 g/mol. The van der Waals surface area contributed by atoms with Crippen LogP contribution in [0.5, 0.6) is 5.75 Å². The summed E-state index contributed by atoms with van der Waals surface area (Å²) in [7, 11) is 0. The van der Waals surface area contributed by atoms with E-state index in [2.05, 4.69) is 6.07 Å². The first-order valence-corrected chi connectivity index (χ1v) is 4.77. The maximum atomic E-state index is 9.83. The summed E-state index contributed by atoms with van der Waals surface area (Å²) in [4.78, 5) is 0. The lowest BCUT2D eigenvalue weighted by Crippen LogP contribution is -2.17. The van der Waals surface area contributed by atoms with Crippen LogP contribution in [0.3, 0.4) is 0 Å². The van der Waals surface area contributed by atoms with Gasteiger partial charge in [-0.05, 0) is 37.3 Å². The number of aromatic hydroxyl groups is 1. The lowest BCUT2D eigenvalue weighted by Gasteiger charge is -2.23. The first-order chi connectivity index (χ1) is 6.20. The van der Waals surface area contributed by atoms with Crippen LogP contribution >= 0.6 is 0 Å². The molecular formula is C11H15NO. The van der Waals surface area contributed by atoms with E-state index in [1.54, 1.807) is 0 Å². The van der Waals surface area contributed by atoms with Crippen LogP contribution in [-0.2, 0) is 6.42 Å². The number of aryl methyl sites for hydroxylation is 2. The zero-order valence-corrected chi connectivity index (χ0v) is 7.88. The molecule has 1 atom stereocenters. The summed E-state index contributed by atoms with van der Waals surface area (Å²) < 4.78 is 0. The van der Waals surface area contributed by atoms with Crippen molar-refractivity contribution in [2.45, 2.75) is 32.2 Å². The van der Waals surface area contributed by atoms with Crippen molar-refractivity contribution in [3.63, 3.8) is 0 Å². The van der Waals surface area contributed by atoms with Gasteiger partial charge in [-0.3, -0.25) is 0 Å². The van der Waals surface area contributed by atoms with Gasteiger partial charge in [0.2, 0.25) is 0 Å². The average molecular weight is 177 g/mol. The third kappa shape index (κ3) is 1.31. The molecule has 0 radical (unpaired) electrons. The van der Waals surface area contributed by atoms with Crippen LogP contribution in [0.4, 0.5) is 0 Å². The van der Waals surface area contributed by atoms with E-state index < -0.39 is 0 Å². The number of fused-ring (bicyclic) bond motifs is 1. The molecule has 0 aliphatic heterocycles. The number of phenols is 1. The van der Waals surface area contributed by atoms with Crippen LogP contribution < -0.4 is 5.73 Å². The summed E-state index contributed by atoms with van der Waals surface area (Å²) in [6.45, 7) is 1.91. The number of hydrogen-bond donors (Lipinski definition) is 2. The van der Waals surface area contributed by atoms with Gasteiger partial charge in [-0.15, -0.1) is 0 Å². The molecule has 0 saturated heterocycles. The zero-order valence-electron chi connectivity index (χ0n) is 7.88. The van der Waals surface area contributed by atoms with Gasteiger partial charge in [-0.2, -0.15) is 0 Å². The number of phenolic OH excluding ortho intramolecular Hbond substituents is 1. The summed E-state index contributed by atoms with van der Waals surface area (Å²) in [6, 6.07) is 4.08. The predicted molar refractivity (Wildman–Crippen MR) is 52.7 cm³/mol. The maximum absolute atomic E-state index is 9.83. The Labute approximate surface area is 78.4 Å². The van der Waals surface area contributed by atoms with Gasteiger partial charge in [0, 0.05) is 11.6 Å². The molecule has 0 spiro atoms. The molecule has 0 amide bonds. The number of benzene rings is 1. The molecule has 0 saturated carbocycles. The van der Waals surface area contributed by atoms with Gasteiger partial charge in [0.15, 0.2) is 0 Å². The minimum Gasteiger partial charge on any atom is -0.507 e. The fraction of sp³-hybridized carbons (Fsp3) is 0.455. The maximum Gasteiger partial charge on any atom is 0.123 e. The van der Waals surface area contributed by atoms with Crippen LogP contribution in [0.1, 0.15) is 35.6 Å². The van der Waals surface area contributed by atoms with E-state index in [0.717, 1.165) is 30.4 Å². The van der Waals surface area contributed by atoms with Crippen molar-refractivity contribution in [2.24, 2.45) is 5.73 Å². The largest absolute Gasteiger partial charge is 0.507 e. The van der Waals surface area contributed by atoms with Crippen molar-refractivity contribution < 1.29 is 5.11 Å². The van der Waals surface area contributed by atoms with E-state index in [1.165, 1.54) is 5.56 Å². The van der Waals surface area contributed by atoms with Gasteiger partial charge in [-0.1, -0.05) is 12.1 Å². The number of rotatable bonds is 0. The summed E-state index contributed by atoms with van der Waals surface area (Å²) in [6.07, 6.45) is 3.18. The first-order valence-electron chi connectivity index (χ1n) is 4.77. The molecule has 3 N–H and O–H groups in total. The molecule has 1 unspecified atom stereocenters. The lowest BCUT2D eigenvalue weighted by atomic mass is 9.86. The highest BCUT2D eigenvalue weighted by Gasteiger charge is 2.20. The predicted octanol–water partition coefficient (Wildman–Crippen LogP) is 2.04. The minimum atomic E-state index is 0.0312. The normalized spacial score (nSPS) is 21.2. The van der Waals surface area contributed by atoms with E-state index >= 15 is 0 Å². The Kier molecular flexibility index (Phi) is 2.00. The molecule has 0 heterocycles. The molecule has 1 aliphatic carbocycles. The summed E-state index contributed by atoms with van der Waals surface area (Å²) in [5.74, 6) is 0.407. The smallest absolute Gasteiger partial charge is 0.123 e. The SMILES string of the molecule is Cc1ccc2c(c1O)C(N)CCC2. The van der Waals surface area contributed by atoms with Crippen molar-refractivity contribution in [3.05, 3.63) is 28.8 Å². The standard InChI is InChI=1S/C11H15NO/c1-7-5-6-8-3-2-4-9(12)10(8)11(7)13/h5-6,9,13H,2-4,12H2,1H3. The van der Waals surface area contributed by atoms with Crippen molar-refractivity contribution in [2.75, 3.05) is 0 Å². The Morgan fingerprint density at radius 2 is 2.23 bits per heavy atom. The van der Waals surface area contributed by atoms with Crippen LogP contribution in [0.25, 0.3) is 0 Å². The molecule has 1 aromatic rings. The van der Waals surface area contributed by atoms with Gasteiger partial charge in [0.05, 0.1) is 0 Å². The van der Waals surface area contributed by atoms with Crippen LogP contribution in [-0.4, -0.2) is 5.11 Å². The summed E-state index contributed by atoms with van der Waals surface area (Å²) in [5, 5.41) is 9.83. The number of hydrogen-bond acceptors (Lipinski definition) is 2. The molecule has 0 bridgehead atoms. The fourth-order valence-electron chi connectivity index (χ4n) is 2.05. The second kappa shape index (κ2) is 3.04. The highest BCUT2D eigenvalue weighted by Crippen LogP contribution is 2.36. The number of nitrogens with two attached hydrogens (primary N) is 1. The average Bonchev–Trinajstić information content (AvgIpc) is 2.12. The molecule has 2 rings (SSSR count). The first kappa shape index (κ1) is 8.57. The Morgan fingerprint density at radius 3 is 3.00 bits per heavy atom.